The third-order valence-corrected chi connectivity index (χ3v) is 5.76. The second-order valence-electron chi connectivity index (χ2n) is 5.72. The summed E-state index contributed by atoms with van der Waals surface area (Å²) < 4.78 is 0.695. The molecule has 3 N–H and O–H groups in total. The van der Waals surface area contributed by atoms with Crippen LogP contribution in [0.3, 0.4) is 0 Å². The first-order chi connectivity index (χ1) is 13.0. The van der Waals surface area contributed by atoms with Crippen molar-refractivity contribution in [2.24, 2.45) is 0 Å². The van der Waals surface area contributed by atoms with Crippen molar-refractivity contribution in [1.82, 2.24) is 9.97 Å². The van der Waals surface area contributed by atoms with Crippen LogP contribution < -0.4 is 11.1 Å². The molecule has 1 aromatic carbocycles. The van der Waals surface area contributed by atoms with Gasteiger partial charge >= 0.3 is 0 Å². The van der Waals surface area contributed by atoms with Crippen LogP contribution in [0.25, 0.3) is 21.5 Å². The molecule has 27 heavy (non-hydrogen) atoms. The van der Waals surface area contributed by atoms with Crippen molar-refractivity contribution in [2.75, 3.05) is 11.1 Å². The van der Waals surface area contributed by atoms with Gasteiger partial charge in [0.25, 0.3) is 5.91 Å². The molecule has 1 amide bonds. The van der Waals surface area contributed by atoms with Gasteiger partial charge < -0.3 is 11.1 Å². The molecule has 8 heteroatoms. The highest BCUT2D eigenvalue weighted by molar-refractivity contribution is 9.10. The van der Waals surface area contributed by atoms with Crippen LogP contribution in [0.1, 0.15) is 9.67 Å². The first kappa shape index (κ1) is 17.9. The Morgan fingerprint density at radius 1 is 1.11 bits per heavy atom. The van der Waals surface area contributed by atoms with E-state index < -0.39 is 0 Å². The summed E-state index contributed by atoms with van der Waals surface area (Å²) in [7, 11) is 0. The molecule has 3 aromatic heterocycles. The Balaban J connectivity index is 1.67. The molecule has 0 saturated heterocycles. The predicted octanol–water partition coefficient (Wildman–Crippen LogP) is 5.61. The number of nitrogen functional groups attached to an aromatic ring is 1. The number of anilines is 2. The van der Waals surface area contributed by atoms with Crippen molar-refractivity contribution in [2.45, 2.75) is 0 Å². The summed E-state index contributed by atoms with van der Waals surface area (Å²) in [5.41, 5.74) is 8.95. The van der Waals surface area contributed by atoms with E-state index in [2.05, 4.69) is 31.2 Å². The summed E-state index contributed by atoms with van der Waals surface area (Å²) in [6.07, 6.45) is 1.57. The summed E-state index contributed by atoms with van der Waals surface area (Å²) >= 11 is 10.5. The van der Waals surface area contributed by atoms with Crippen LogP contribution in [0.15, 0.2) is 59.3 Å². The minimum atomic E-state index is -0.285. The lowest BCUT2D eigenvalue weighted by Gasteiger charge is -2.03. The fraction of sp³-hybridized carbons (Fsp3) is 0. The number of fused-ring (bicyclic) bond motifs is 1. The van der Waals surface area contributed by atoms with E-state index in [0.29, 0.717) is 30.7 Å². The topological polar surface area (TPSA) is 80.9 Å². The molecular formula is C19H12BrClN4OS. The molecule has 0 aliphatic carbocycles. The smallest absolute Gasteiger partial charge is 0.267 e. The van der Waals surface area contributed by atoms with Crippen molar-refractivity contribution >= 4 is 66.4 Å². The minimum absolute atomic E-state index is 0.285. The van der Waals surface area contributed by atoms with Crippen LogP contribution >= 0.6 is 38.9 Å². The van der Waals surface area contributed by atoms with Crippen LogP contribution in [-0.2, 0) is 0 Å². The predicted molar refractivity (Wildman–Crippen MR) is 114 cm³/mol. The van der Waals surface area contributed by atoms with Crippen LogP contribution in [-0.4, -0.2) is 15.9 Å². The third kappa shape index (κ3) is 3.66. The summed E-state index contributed by atoms with van der Waals surface area (Å²) in [6.45, 7) is 0. The Labute approximate surface area is 172 Å². The highest BCUT2D eigenvalue weighted by atomic mass is 79.9. The highest BCUT2D eigenvalue weighted by Crippen LogP contribution is 2.34. The molecule has 3 heterocycles. The Morgan fingerprint density at radius 2 is 1.89 bits per heavy atom. The number of carbonyl (C=O) groups excluding carboxylic acids is 1. The summed E-state index contributed by atoms with van der Waals surface area (Å²) in [5.74, 6) is -0.285. The molecule has 0 aliphatic heterocycles. The number of amides is 1. The average Bonchev–Trinajstić information content (AvgIpc) is 3.00. The zero-order valence-corrected chi connectivity index (χ0v) is 16.9. The van der Waals surface area contributed by atoms with Gasteiger partial charge in [-0.25, -0.2) is 9.97 Å². The molecule has 0 unspecified atom stereocenters. The van der Waals surface area contributed by atoms with E-state index in [4.69, 9.17) is 17.3 Å². The molecule has 0 saturated carbocycles. The molecule has 0 radical (unpaired) electrons. The number of carbonyl (C=O) groups is 1. The van der Waals surface area contributed by atoms with Crippen molar-refractivity contribution in [1.29, 1.82) is 0 Å². The number of aromatic nitrogens is 2. The zero-order chi connectivity index (χ0) is 19.0. The van der Waals surface area contributed by atoms with Gasteiger partial charge in [-0.05, 0) is 52.3 Å². The van der Waals surface area contributed by atoms with Crippen molar-refractivity contribution in [3.63, 3.8) is 0 Å². The number of nitrogens with two attached hydrogens (primary N) is 1. The molecule has 4 aromatic rings. The lowest BCUT2D eigenvalue weighted by molar-refractivity contribution is 0.103. The SMILES string of the molecule is Nc1c(C(=O)Nc2ccc(Br)nc2)sc2nc(-c3ccc(Cl)cc3)ccc12. The molecule has 4 rings (SSSR count). The van der Waals surface area contributed by atoms with E-state index in [9.17, 15) is 4.79 Å². The van der Waals surface area contributed by atoms with Gasteiger partial charge in [0, 0.05) is 16.0 Å². The summed E-state index contributed by atoms with van der Waals surface area (Å²) in [5, 5.41) is 4.23. The van der Waals surface area contributed by atoms with E-state index in [-0.39, 0.29) is 5.91 Å². The molecule has 0 fully saturated rings. The van der Waals surface area contributed by atoms with Crippen molar-refractivity contribution in [3.8, 4) is 11.3 Å². The fourth-order valence-electron chi connectivity index (χ4n) is 2.58. The normalized spacial score (nSPS) is 10.9. The number of nitrogens with zero attached hydrogens (tertiary/aromatic N) is 2. The molecule has 0 atom stereocenters. The van der Waals surface area contributed by atoms with Gasteiger partial charge in [0.15, 0.2) is 0 Å². The standard InChI is InChI=1S/C19H12BrClN4OS/c20-15-8-5-12(9-23-15)24-18(26)17-16(22)13-6-7-14(25-19(13)27-17)10-1-3-11(21)4-2-10/h1-9H,22H2,(H,24,26). The number of pyridine rings is 2. The van der Waals surface area contributed by atoms with E-state index in [1.54, 1.807) is 18.3 Å². The first-order valence-electron chi connectivity index (χ1n) is 7.89. The van der Waals surface area contributed by atoms with Gasteiger partial charge in [-0.2, -0.15) is 0 Å². The van der Waals surface area contributed by atoms with Gasteiger partial charge in [-0.15, -0.1) is 11.3 Å². The maximum absolute atomic E-state index is 12.6. The summed E-state index contributed by atoms with van der Waals surface area (Å²) in [4.78, 5) is 22.5. The van der Waals surface area contributed by atoms with Crippen LogP contribution in [0.4, 0.5) is 11.4 Å². The first-order valence-corrected chi connectivity index (χ1v) is 9.88. The Kier molecular flexibility index (Phi) is 4.82. The molecule has 0 spiro atoms. The minimum Gasteiger partial charge on any atom is -0.397 e. The van der Waals surface area contributed by atoms with Crippen LogP contribution in [0.5, 0.6) is 0 Å². The molecule has 0 bridgehead atoms. The molecule has 0 aliphatic rings. The second kappa shape index (κ2) is 7.26. The van der Waals surface area contributed by atoms with E-state index in [0.717, 1.165) is 16.6 Å². The zero-order valence-electron chi connectivity index (χ0n) is 13.7. The van der Waals surface area contributed by atoms with Crippen molar-refractivity contribution < 1.29 is 4.79 Å². The molecule has 5 nitrogen and oxygen atoms in total. The van der Waals surface area contributed by atoms with Gasteiger partial charge in [-0.1, -0.05) is 23.7 Å². The van der Waals surface area contributed by atoms with E-state index >= 15 is 0 Å². The lowest BCUT2D eigenvalue weighted by Crippen LogP contribution is -2.12. The highest BCUT2D eigenvalue weighted by Gasteiger charge is 2.18. The number of rotatable bonds is 3. The molecular weight excluding hydrogens is 448 g/mol. The number of thiophene rings is 1. The third-order valence-electron chi connectivity index (χ3n) is 3.93. The lowest BCUT2D eigenvalue weighted by atomic mass is 10.1. The second-order valence-corrected chi connectivity index (χ2v) is 7.97. The molecule has 134 valence electrons. The number of hydrogen-bond donors (Lipinski definition) is 2. The Morgan fingerprint density at radius 3 is 2.59 bits per heavy atom. The van der Waals surface area contributed by atoms with Gasteiger partial charge in [0.1, 0.15) is 14.3 Å². The van der Waals surface area contributed by atoms with Gasteiger partial charge in [0.05, 0.1) is 23.3 Å². The van der Waals surface area contributed by atoms with E-state index in [1.165, 1.54) is 11.3 Å². The van der Waals surface area contributed by atoms with E-state index in [1.807, 2.05) is 36.4 Å². The average molecular weight is 460 g/mol. The number of benzene rings is 1. The van der Waals surface area contributed by atoms with Crippen LogP contribution in [0, 0.1) is 0 Å². The maximum Gasteiger partial charge on any atom is 0.267 e. The number of halogens is 2. The number of nitrogens with one attached hydrogen (secondary N) is 1. The fourth-order valence-corrected chi connectivity index (χ4v) is 3.93. The monoisotopic (exact) mass is 458 g/mol. The largest absolute Gasteiger partial charge is 0.397 e. The summed E-state index contributed by atoms with van der Waals surface area (Å²) in [6, 6.07) is 14.7. The Bertz CT molecular complexity index is 1140. The van der Waals surface area contributed by atoms with Gasteiger partial charge in [0.2, 0.25) is 0 Å². The van der Waals surface area contributed by atoms with Gasteiger partial charge in [-0.3, -0.25) is 4.79 Å². The quantitative estimate of drug-likeness (QED) is 0.390. The Hall–Kier alpha value is -2.48. The number of hydrogen-bond acceptors (Lipinski definition) is 5. The van der Waals surface area contributed by atoms with Crippen molar-refractivity contribution in [3.05, 3.63) is 69.2 Å². The van der Waals surface area contributed by atoms with Crippen LogP contribution in [0.2, 0.25) is 5.02 Å². The maximum atomic E-state index is 12.6.